The molecule has 0 aliphatic carbocycles. The first-order valence-corrected chi connectivity index (χ1v) is 15.3. The van der Waals surface area contributed by atoms with Gasteiger partial charge in [-0.1, -0.05) is 38.1 Å². The number of aromatic amines is 1. The highest BCUT2D eigenvalue weighted by Gasteiger charge is 2.37. The molecule has 228 valence electrons. The lowest BCUT2D eigenvalue weighted by atomic mass is 9.78. The number of piperidine rings is 1. The topological polar surface area (TPSA) is 128 Å². The minimum Gasteiger partial charge on any atom is -0.371 e. The maximum atomic E-state index is 12.8. The fraction of sp³-hybridized carbons (Fsp3) is 0.424. The van der Waals surface area contributed by atoms with Crippen molar-refractivity contribution in [1.82, 2.24) is 35.8 Å². The second-order valence-electron chi connectivity index (χ2n) is 13.4. The molecule has 11 heteroatoms. The predicted octanol–water partition coefficient (Wildman–Crippen LogP) is 5.13. The zero-order chi connectivity index (χ0) is 30.6. The number of fused-ring (bicyclic) bond motifs is 3. The Morgan fingerprint density at radius 2 is 1.91 bits per heavy atom. The van der Waals surface area contributed by atoms with E-state index >= 15 is 0 Å². The molecule has 2 aliphatic rings. The first-order valence-electron chi connectivity index (χ1n) is 15.3. The van der Waals surface area contributed by atoms with Crippen molar-refractivity contribution in [3.8, 4) is 11.3 Å². The summed E-state index contributed by atoms with van der Waals surface area (Å²) in [6.45, 7) is 12.4. The van der Waals surface area contributed by atoms with Gasteiger partial charge in [-0.15, -0.1) is 0 Å². The molecule has 44 heavy (non-hydrogen) atoms. The maximum Gasteiger partial charge on any atom is 0.328 e. The van der Waals surface area contributed by atoms with Crippen LogP contribution in [0.5, 0.6) is 0 Å². The Hall–Kier alpha value is -4.51. The molecule has 0 saturated carbocycles. The first-order chi connectivity index (χ1) is 21.1. The van der Waals surface area contributed by atoms with Gasteiger partial charge >= 0.3 is 11.8 Å². The number of aryl methyl sites for hydroxylation is 1. The number of hydrogen-bond donors (Lipinski definition) is 3. The summed E-state index contributed by atoms with van der Waals surface area (Å²) in [6.07, 6.45) is 5.39. The van der Waals surface area contributed by atoms with E-state index in [2.05, 4.69) is 60.0 Å². The molecular formula is C33H39N9O2. The van der Waals surface area contributed by atoms with Gasteiger partial charge in [-0.05, 0) is 68.0 Å². The lowest BCUT2D eigenvalue weighted by molar-refractivity contribution is 0.0907. The molecule has 0 bridgehead atoms. The van der Waals surface area contributed by atoms with Crippen LogP contribution >= 0.6 is 0 Å². The molecule has 1 amide bonds. The summed E-state index contributed by atoms with van der Waals surface area (Å²) in [5.41, 5.74) is 9.79. The summed E-state index contributed by atoms with van der Waals surface area (Å²) in [5, 5.41) is 11.3. The van der Waals surface area contributed by atoms with Gasteiger partial charge in [-0.25, -0.2) is 9.97 Å². The van der Waals surface area contributed by atoms with Crippen molar-refractivity contribution in [2.24, 2.45) is 5.41 Å². The standard InChI is InChI=1S/C33H39N9O2/c1-20-16-21(6-9-25(20)41(5)39-29(43)30-38-31(40-44-30)32(2,3)4)27-26-23-8-7-22(17-24(23)37-28(26)36-19-35-27)42-14-11-33(12-15-42)10-13-34-18-33/h6-9,16-17,19,34H,10-15,18H2,1-5H3,(H,39,43)(H,35,36,37). The minimum absolute atomic E-state index is 0.0720. The lowest BCUT2D eigenvalue weighted by Crippen LogP contribution is -2.41. The summed E-state index contributed by atoms with van der Waals surface area (Å²) >= 11 is 0. The van der Waals surface area contributed by atoms with Crippen LogP contribution in [-0.4, -0.2) is 64.2 Å². The van der Waals surface area contributed by atoms with E-state index < -0.39 is 5.91 Å². The number of aromatic nitrogens is 5. The van der Waals surface area contributed by atoms with Crippen LogP contribution in [0, 0.1) is 12.3 Å². The van der Waals surface area contributed by atoms with Gasteiger partial charge < -0.3 is 19.7 Å². The number of H-pyrrole nitrogens is 1. The third-order valence-corrected chi connectivity index (χ3v) is 9.29. The molecule has 0 unspecified atom stereocenters. The smallest absolute Gasteiger partial charge is 0.328 e. The molecular weight excluding hydrogens is 554 g/mol. The van der Waals surface area contributed by atoms with Gasteiger partial charge in [0, 0.05) is 54.3 Å². The van der Waals surface area contributed by atoms with Crippen molar-refractivity contribution >= 4 is 39.2 Å². The normalized spacial score (nSPS) is 16.7. The number of anilines is 2. The number of benzene rings is 2. The van der Waals surface area contributed by atoms with Crippen molar-refractivity contribution in [3.63, 3.8) is 0 Å². The summed E-state index contributed by atoms with van der Waals surface area (Å²) < 4.78 is 5.20. The molecule has 3 N–H and O–H groups in total. The number of rotatable bonds is 5. The van der Waals surface area contributed by atoms with Crippen LogP contribution < -0.4 is 20.7 Å². The summed E-state index contributed by atoms with van der Waals surface area (Å²) in [4.78, 5) is 32.4. The van der Waals surface area contributed by atoms with Gasteiger partial charge in [0.15, 0.2) is 5.82 Å². The molecule has 2 aliphatic heterocycles. The van der Waals surface area contributed by atoms with Crippen LogP contribution in [0.25, 0.3) is 33.2 Å². The monoisotopic (exact) mass is 593 g/mol. The van der Waals surface area contributed by atoms with Crippen molar-refractivity contribution in [1.29, 1.82) is 0 Å². The quantitative estimate of drug-likeness (QED) is 0.238. The van der Waals surface area contributed by atoms with Crippen LogP contribution in [0.3, 0.4) is 0 Å². The Balaban J connectivity index is 1.13. The number of hydrazine groups is 1. The van der Waals surface area contributed by atoms with E-state index in [1.807, 2.05) is 39.8 Å². The molecule has 3 aromatic heterocycles. The van der Waals surface area contributed by atoms with E-state index in [1.165, 1.54) is 24.9 Å². The molecule has 0 radical (unpaired) electrons. The predicted molar refractivity (Wildman–Crippen MR) is 172 cm³/mol. The number of nitrogens with one attached hydrogen (secondary N) is 3. The fourth-order valence-corrected chi connectivity index (χ4v) is 6.65. The Labute approximate surface area is 256 Å². The average molecular weight is 594 g/mol. The minimum atomic E-state index is -0.464. The van der Waals surface area contributed by atoms with Crippen LogP contribution in [-0.2, 0) is 5.41 Å². The van der Waals surface area contributed by atoms with Crippen molar-refractivity contribution in [3.05, 3.63) is 60.0 Å². The van der Waals surface area contributed by atoms with Crippen LogP contribution in [0.15, 0.2) is 47.2 Å². The van der Waals surface area contributed by atoms with E-state index in [0.29, 0.717) is 11.2 Å². The molecule has 11 nitrogen and oxygen atoms in total. The second-order valence-corrected chi connectivity index (χ2v) is 13.4. The molecule has 7 rings (SSSR count). The van der Waals surface area contributed by atoms with Crippen LogP contribution in [0.1, 0.15) is 62.1 Å². The molecule has 2 saturated heterocycles. The highest BCUT2D eigenvalue weighted by molar-refractivity contribution is 6.12. The third kappa shape index (κ3) is 5.04. The maximum absolute atomic E-state index is 12.8. The molecule has 0 atom stereocenters. The third-order valence-electron chi connectivity index (χ3n) is 9.29. The molecule has 5 aromatic rings. The highest BCUT2D eigenvalue weighted by Crippen LogP contribution is 2.40. The number of hydrogen-bond acceptors (Lipinski definition) is 9. The SMILES string of the molecule is Cc1cc(-c2ncnc3[nH]c4cc(N5CCC6(CCNC6)CC5)ccc4c23)ccc1N(C)NC(=O)c1nc(C(C)(C)C)no1. The molecule has 1 spiro atoms. The fourth-order valence-electron chi connectivity index (χ4n) is 6.65. The molecule has 2 aromatic carbocycles. The number of nitrogens with zero attached hydrogens (tertiary/aromatic N) is 6. The summed E-state index contributed by atoms with van der Waals surface area (Å²) in [6, 6.07) is 12.8. The molecule has 5 heterocycles. The zero-order valence-corrected chi connectivity index (χ0v) is 26.0. The van der Waals surface area contributed by atoms with Crippen molar-refractivity contribution < 1.29 is 9.32 Å². The summed E-state index contributed by atoms with van der Waals surface area (Å²) in [7, 11) is 1.79. The van der Waals surface area contributed by atoms with E-state index in [4.69, 9.17) is 9.51 Å². The van der Waals surface area contributed by atoms with Gasteiger partial charge in [0.05, 0.1) is 16.8 Å². The lowest BCUT2D eigenvalue weighted by Gasteiger charge is -2.40. The Morgan fingerprint density at radius 3 is 2.61 bits per heavy atom. The van der Waals surface area contributed by atoms with E-state index in [0.717, 1.165) is 70.6 Å². The largest absolute Gasteiger partial charge is 0.371 e. The van der Waals surface area contributed by atoms with Crippen LogP contribution in [0.4, 0.5) is 11.4 Å². The number of carbonyl (C=O) groups is 1. The number of carbonyl (C=O) groups excluding carboxylic acids is 1. The Kier molecular flexibility index (Phi) is 6.80. The van der Waals surface area contributed by atoms with E-state index in [1.54, 1.807) is 18.4 Å². The number of amides is 1. The zero-order valence-electron chi connectivity index (χ0n) is 26.0. The first kappa shape index (κ1) is 28.3. The Bertz CT molecular complexity index is 1850. The van der Waals surface area contributed by atoms with E-state index in [-0.39, 0.29) is 11.3 Å². The Morgan fingerprint density at radius 1 is 1.09 bits per heavy atom. The van der Waals surface area contributed by atoms with Crippen molar-refractivity contribution in [2.45, 2.75) is 52.4 Å². The van der Waals surface area contributed by atoms with Gasteiger partial charge in [-0.3, -0.25) is 15.2 Å². The van der Waals surface area contributed by atoms with Gasteiger partial charge in [0.2, 0.25) is 0 Å². The van der Waals surface area contributed by atoms with Crippen molar-refractivity contribution in [2.75, 3.05) is 43.1 Å². The average Bonchev–Trinajstić information content (AvgIpc) is 3.76. The molecule has 2 fully saturated rings. The summed E-state index contributed by atoms with van der Waals surface area (Å²) in [5.74, 6) is -0.0523. The highest BCUT2D eigenvalue weighted by atomic mass is 16.5. The van der Waals surface area contributed by atoms with Crippen LogP contribution in [0.2, 0.25) is 0 Å². The van der Waals surface area contributed by atoms with Gasteiger partial charge in [-0.2, -0.15) is 4.98 Å². The second kappa shape index (κ2) is 10.6. The van der Waals surface area contributed by atoms with Gasteiger partial charge in [0.25, 0.3) is 0 Å². The van der Waals surface area contributed by atoms with Gasteiger partial charge in [0.1, 0.15) is 12.0 Å². The van der Waals surface area contributed by atoms with E-state index in [9.17, 15) is 4.79 Å².